The maximum Gasteiger partial charge on any atom is 0.104 e. The van der Waals surface area contributed by atoms with Gasteiger partial charge in [0.15, 0.2) is 0 Å². The van der Waals surface area contributed by atoms with E-state index in [0.717, 1.165) is 79.3 Å². The van der Waals surface area contributed by atoms with Crippen LogP contribution in [0, 0.1) is 59.2 Å². The van der Waals surface area contributed by atoms with Crippen LogP contribution in [-0.2, 0) is 9.47 Å². The number of fused-ring (bicyclic) bond motifs is 4. The molecule has 3 rings (SSSR count). The zero-order valence-corrected chi connectivity index (χ0v) is 32.0. The normalized spacial score (nSPS) is 40.6. The van der Waals surface area contributed by atoms with E-state index in [-0.39, 0.29) is 12.7 Å². The van der Waals surface area contributed by atoms with Gasteiger partial charge >= 0.3 is 0 Å². The summed E-state index contributed by atoms with van der Waals surface area (Å²) in [7, 11) is 0. The van der Waals surface area contributed by atoms with E-state index in [0.29, 0.717) is 12.5 Å². The molecule has 1 heterocycles. The molecule has 3 nitrogen and oxygen atoms in total. The summed E-state index contributed by atoms with van der Waals surface area (Å²) in [5, 5.41) is 9.83. The third-order valence-electron chi connectivity index (χ3n) is 13.5. The molecule has 0 spiro atoms. The Balaban J connectivity index is 1.41. The van der Waals surface area contributed by atoms with Crippen molar-refractivity contribution in [2.45, 2.75) is 189 Å². The third kappa shape index (κ3) is 16.5. The summed E-state index contributed by atoms with van der Waals surface area (Å²) >= 11 is 0. The van der Waals surface area contributed by atoms with Crippen molar-refractivity contribution in [2.75, 3.05) is 26.4 Å². The van der Waals surface area contributed by atoms with E-state index < -0.39 is 0 Å². The van der Waals surface area contributed by atoms with Gasteiger partial charge in [-0.3, -0.25) is 0 Å². The van der Waals surface area contributed by atoms with Crippen LogP contribution in [0.15, 0.2) is 0 Å². The molecule has 11 unspecified atom stereocenters. The van der Waals surface area contributed by atoms with Gasteiger partial charge in [-0.15, -0.1) is 0 Å². The summed E-state index contributed by atoms with van der Waals surface area (Å²) in [5.74, 6) is 8.97. The van der Waals surface area contributed by atoms with Crippen LogP contribution in [0.4, 0.5) is 0 Å². The highest BCUT2D eigenvalue weighted by molar-refractivity contribution is 4.81. The van der Waals surface area contributed by atoms with Crippen molar-refractivity contribution >= 4 is 0 Å². The molecule has 272 valence electrons. The fourth-order valence-electron chi connectivity index (χ4n) is 9.58. The van der Waals surface area contributed by atoms with Crippen LogP contribution in [-0.4, -0.2) is 37.6 Å². The van der Waals surface area contributed by atoms with E-state index in [4.69, 9.17) is 9.47 Å². The molecule has 11 atom stereocenters. The maximum atomic E-state index is 9.83. The molecule has 0 aromatic carbocycles. The van der Waals surface area contributed by atoms with Crippen LogP contribution >= 0.6 is 0 Å². The van der Waals surface area contributed by atoms with E-state index in [1.807, 2.05) is 0 Å². The Hall–Kier alpha value is -0.120. The summed E-state index contributed by atoms with van der Waals surface area (Å²) in [5.41, 5.74) is 0. The Labute approximate surface area is 288 Å². The summed E-state index contributed by atoms with van der Waals surface area (Å²) in [4.78, 5) is 0. The van der Waals surface area contributed by atoms with Crippen molar-refractivity contribution in [3.63, 3.8) is 0 Å². The predicted molar refractivity (Wildman–Crippen MR) is 198 cm³/mol. The predicted octanol–water partition coefficient (Wildman–Crippen LogP) is 12.3. The van der Waals surface area contributed by atoms with Gasteiger partial charge in [0.2, 0.25) is 0 Å². The minimum atomic E-state index is -0.174. The van der Waals surface area contributed by atoms with Crippen LogP contribution in [0.3, 0.4) is 0 Å². The van der Waals surface area contributed by atoms with Crippen molar-refractivity contribution in [2.24, 2.45) is 59.2 Å². The topological polar surface area (TPSA) is 38.7 Å². The summed E-state index contributed by atoms with van der Waals surface area (Å²) in [6, 6.07) is 0. The molecule has 2 saturated carbocycles. The number of rotatable bonds is 1. The van der Waals surface area contributed by atoms with Crippen LogP contribution in [0.25, 0.3) is 0 Å². The quantitative estimate of drug-likeness (QED) is 0.308. The smallest absolute Gasteiger partial charge is 0.104 e. The molecule has 3 heteroatoms. The number of aliphatic hydroxyl groups excluding tert-OH is 1. The maximum absolute atomic E-state index is 9.83. The lowest BCUT2D eigenvalue weighted by Crippen LogP contribution is -2.25. The molecule has 46 heavy (non-hydrogen) atoms. The lowest BCUT2D eigenvalue weighted by atomic mass is 9.84. The van der Waals surface area contributed by atoms with Gasteiger partial charge in [-0.2, -0.15) is 0 Å². The number of ether oxygens (including phenoxy) is 2. The highest BCUT2D eigenvalue weighted by Gasteiger charge is 2.29. The Morgan fingerprint density at radius 1 is 0.457 bits per heavy atom. The van der Waals surface area contributed by atoms with E-state index in [2.05, 4.69) is 41.5 Å². The SMILES string of the molecule is CC1CCCC2CCC(C2)C(C)CCCC(C)CCC(C)CCCC(C)C2CCC(CCCC(C)CCOC(CO)COCC1)C2. The highest BCUT2D eigenvalue weighted by Crippen LogP contribution is 2.41. The fraction of sp³-hybridized carbons (Fsp3) is 1.00. The van der Waals surface area contributed by atoms with Crippen molar-refractivity contribution < 1.29 is 14.6 Å². The molecule has 2 aliphatic carbocycles. The first-order valence-corrected chi connectivity index (χ1v) is 21.0. The standard InChI is InChI=1S/C43H82O3/c1-33-11-7-15-37(5)41-23-21-39(29-41)17-9-13-35(3)25-27-45-32-43(31-44)46-28-26-36(4)14-10-18-40-22-24-42(30-40)38(6)16-8-12-34(2)20-19-33/h33-44H,7-32H2,1-6H3. The van der Waals surface area contributed by atoms with E-state index in [1.165, 1.54) is 128 Å². The second-order valence-corrected chi connectivity index (χ2v) is 17.9. The van der Waals surface area contributed by atoms with Crippen molar-refractivity contribution in [3.05, 3.63) is 0 Å². The summed E-state index contributed by atoms with van der Waals surface area (Å²) in [6.07, 6.45) is 30.7. The second kappa shape index (κ2) is 23.3. The molecule has 0 aromatic heterocycles. The largest absolute Gasteiger partial charge is 0.394 e. The lowest BCUT2D eigenvalue weighted by Gasteiger charge is -2.22. The van der Waals surface area contributed by atoms with Gasteiger partial charge in [-0.25, -0.2) is 0 Å². The van der Waals surface area contributed by atoms with E-state index in [1.54, 1.807) is 0 Å². The molecule has 1 N–H and O–H groups in total. The summed E-state index contributed by atoms with van der Waals surface area (Å²) in [6.45, 7) is 17.1. The molecular weight excluding hydrogens is 564 g/mol. The minimum Gasteiger partial charge on any atom is -0.394 e. The monoisotopic (exact) mass is 647 g/mol. The fourth-order valence-corrected chi connectivity index (χ4v) is 9.58. The first-order chi connectivity index (χ1) is 22.2. The van der Waals surface area contributed by atoms with Gasteiger partial charge in [0.1, 0.15) is 6.10 Å². The van der Waals surface area contributed by atoms with Crippen molar-refractivity contribution in [1.82, 2.24) is 0 Å². The third-order valence-corrected chi connectivity index (χ3v) is 13.5. The van der Waals surface area contributed by atoms with Gasteiger partial charge in [0, 0.05) is 13.2 Å². The zero-order valence-electron chi connectivity index (χ0n) is 32.0. The van der Waals surface area contributed by atoms with Gasteiger partial charge in [-0.1, -0.05) is 144 Å². The van der Waals surface area contributed by atoms with Gasteiger partial charge in [-0.05, 0) is 97.7 Å². The Kier molecular flexibility index (Phi) is 20.4. The molecule has 0 amide bonds. The molecule has 1 saturated heterocycles. The summed E-state index contributed by atoms with van der Waals surface area (Å²) < 4.78 is 12.0. The van der Waals surface area contributed by atoms with Crippen LogP contribution < -0.4 is 0 Å². The molecule has 0 aromatic rings. The van der Waals surface area contributed by atoms with Crippen molar-refractivity contribution in [1.29, 1.82) is 0 Å². The molecule has 1 aliphatic heterocycles. The molecule has 4 bridgehead atoms. The zero-order chi connectivity index (χ0) is 33.1. The Bertz CT molecular complexity index is 740. The van der Waals surface area contributed by atoms with Gasteiger partial charge in [0.05, 0.1) is 13.2 Å². The van der Waals surface area contributed by atoms with E-state index >= 15 is 0 Å². The van der Waals surface area contributed by atoms with Crippen LogP contribution in [0.1, 0.15) is 183 Å². The number of hydrogen-bond acceptors (Lipinski definition) is 3. The number of hydrogen-bond donors (Lipinski definition) is 1. The lowest BCUT2D eigenvalue weighted by molar-refractivity contribution is -0.0471. The van der Waals surface area contributed by atoms with Crippen molar-refractivity contribution in [3.8, 4) is 0 Å². The molecule has 3 fully saturated rings. The minimum absolute atomic E-state index is 0.0599. The van der Waals surface area contributed by atoms with Gasteiger partial charge in [0.25, 0.3) is 0 Å². The average molecular weight is 647 g/mol. The Morgan fingerprint density at radius 3 is 1.37 bits per heavy atom. The molecule has 3 aliphatic rings. The first-order valence-electron chi connectivity index (χ1n) is 21.0. The Morgan fingerprint density at radius 2 is 0.891 bits per heavy atom. The second-order valence-electron chi connectivity index (χ2n) is 17.9. The number of aliphatic hydroxyl groups is 1. The van der Waals surface area contributed by atoms with Crippen LogP contribution in [0.2, 0.25) is 0 Å². The highest BCUT2D eigenvalue weighted by atomic mass is 16.5. The molecular formula is C43H82O3. The van der Waals surface area contributed by atoms with Crippen LogP contribution in [0.5, 0.6) is 0 Å². The van der Waals surface area contributed by atoms with Gasteiger partial charge < -0.3 is 14.6 Å². The van der Waals surface area contributed by atoms with E-state index in [9.17, 15) is 5.11 Å². The molecule has 0 radical (unpaired) electrons. The first kappa shape index (κ1) is 40.3. The average Bonchev–Trinajstić information content (AvgIpc) is 3.71.